The highest BCUT2D eigenvalue weighted by molar-refractivity contribution is 5.87. The molecule has 0 aliphatic heterocycles. The zero-order valence-corrected chi connectivity index (χ0v) is 17.5. The number of amides is 1. The fourth-order valence-electron chi connectivity index (χ4n) is 3.14. The molecule has 0 radical (unpaired) electrons. The smallest absolute Gasteiger partial charge is 0.331 e. The summed E-state index contributed by atoms with van der Waals surface area (Å²) >= 11 is 0. The molecule has 0 unspecified atom stereocenters. The molecule has 1 amide bonds. The Hall–Kier alpha value is -2.66. The van der Waals surface area contributed by atoms with Gasteiger partial charge in [0.2, 0.25) is 5.91 Å². The van der Waals surface area contributed by atoms with Crippen molar-refractivity contribution in [3.63, 3.8) is 0 Å². The molecule has 0 fully saturated rings. The Balaban J connectivity index is 2.75. The lowest BCUT2D eigenvalue weighted by Crippen LogP contribution is -2.37. The van der Waals surface area contributed by atoms with Gasteiger partial charge in [0.15, 0.2) is 0 Å². The summed E-state index contributed by atoms with van der Waals surface area (Å²) in [4.78, 5) is 23.0. The Morgan fingerprint density at radius 2 is 1.83 bits per heavy atom. The van der Waals surface area contributed by atoms with E-state index in [2.05, 4.69) is 6.92 Å². The maximum atomic E-state index is 12.4. The summed E-state index contributed by atoms with van der Waals surface area (Å²) in [6.07, 6.45) is 10.5. The Labute approximate surface area is 174 Å². The van der Waals surface area contributed by atoms with E-state index in [1.54, 1.807) is 18.2 Å². The van der Waals surface area contributed by atoms with Crippen LogP contribution in [0.25, 0.3) is 6.08 Å². The fourth-order valence-corrected chi connectivity index (χ4v) is 3.14. The molecule has 5 heteroatoms. The Kier molecular flexibility index (Phi) is 11.4. The SMILES string of the molecule is CCC[C@H](C)[C@@H](OC(=O)/C=C/c1ccccc1)[C@@H](C)[C@@H](O)C/C=C/C=C\C(N)=O. The summed E-state index contributed by atoms with van der Waals surface area (Å²) in [5.74, 6) is -1.05. The number of esters is 1. The molecule has 0 spiro atoms. The Morgan fingerprint density at radius 1 is 1.14 bits per heavy atom. The van der Waals surface area contributed by atoms with Crippen molar-refractivity contribution in [3.05, 3.63) is 66.3 Å². The van der Waals surface area contributed by atoms with Crippen molar-refractivity contribution in [1.82, 2.24) is 0 Å². The number of hydrogen-bond donors (Lipinski definition) is 2. The van der Waals surface area contributed by atoms with E-state index in [0.29, 0.717) is 6.42 Å². The maximum Gasteiger partial charge on any atom is 0.331 e. The molecule has 0 aromatic heterocycles. The van der Waals surface area contributed by atoms with Crippen LogP contribution in [0.15, 0.2) is 60.7 Å². The number of aliphatic hydroxyl groups is 1. The summed E-state index contributed by atoms with van der Waals surface area (Å²) in [5, 5.41) is 10.6. The van der Waals surface area contributed by atoms with Gasteiger partial charge in [-0.15, -0.1) is 0 Å². The van der Waals surface area contributed by atoms with Gasteiger partial charge >= 0.3 is 5.97 Å². The number of aliphatic hydroxyl groups excluding tert-OH is 1. The van der Waals surface area contributed by atoms with Gasteiger partial charge in [0.05, 0.1) is 6.10 Å². The predicted octanol–water partition coefficient (Wildman–Crippen LogP) is 4.03. The normalized spacial score (nSPS) is 16.1. The minimum atomic E-state index is -0.677. The van der Waals surface area contributed by atoms with E-state index in [4.69, 9.17) is 10.5 Å². The van der Waals surface area contributed by atoms with E-state index in [1.807, 2.05) is 44.2 Å². The number of rotatable bonds is 12. The van der Waals surface area contributed by atoms with Crippen LogP contribution in [0.5, 0.6) is 0 Å². The lowest BCUT2D eigenvalue weighted by molar-refractivity contribution is -0.151. The van der Waals surface area contributed by atoms with Gasteiger partial charge in [0.1, 0.15) is 6.10 Å². The second-order valence-corrected chi connectivity index (χ2v) is 7.26. The first-order valence-electron chi connectivity index (χ1n) is 10.1. The van der Waals surface area contributed by atoms with E-state index < -0.39 is 24.1 Å². The number of nitrogens with two attached hydrogens (primary N) is 1. The van der Waals surface area contributed by atoms with E-state index in [-0.39, 0.29) is 11.8 Å². The highest BCUT2D eigenvalue weighted by Crippen LogP contribution is 2.25. The summed E-state index contributed by atoms with van der Waals surface area (Å²) in [5.41, 5.74) is 5.95. The zero-order valence-electron chi connectivity index (χ0n) is 17.5. The topological polar surface area (TPSA) is 89.6 Å². The van der Waals surface area contributed by atoms with Gasteiger partial charge in [-0.1, -0.05) is 75.8 Å². The summed E-state index contributed by atoms with van der Waals surface area (Å²) in [6.45, 7) is 6.01. The largest absolute Gasteiger partial charge is 0.459 e. The quantitative estimate of drug-likeness (QED) is 0.315. The van der Waals surface area contributed by atoms with Gasteiger partial charge in [-0.2, -0.15) is 0 Å². The van der Waals surface area contributed by atoms with Crippen LogP contribution in [-0.2, 0) is 14.3 Å². The number of hydrogen-bond acceptors (Lipinski definition) is 4. The predicted molar refractivity (Wildman–Crippen MR) is 117 cm³/mol. The van der Waals surface area contributed by atoms with Crippen LogP contribution in [0.1, 0.15) is 45.6 Å². The minimum absolute atomic E-state index is 0.123. The number of carbonyl (C=O) groups excluding carboxylic acids is 2. The third-order valence-electron chi connectivity index (χ3n) is 4.78. The van der Waals surface area contributed by atoms with Crippen LogP contribution >= 0.6 is 0 Å². The van der Waals surface area contributed by atoms with Crippen molar-refractivity contribution < 1.29 is 19.4 Å². The third kappa shape index (κ3) is 9.90. The molecule has 1 rings (SSSR count). The van der Waals surface area contributed by atoms with Gasteiger partial charge in [-0.3, -0.25) is 4.79 Å². The number of primary amides is 1. The molecule has 158 valence electrons. The van der Waals surface area contributed by atoms with Crippen molar-refractivity contribution in [2.24, 2.45) is 17.6 Å². The molecule has 1 aromatic carbocycles. The molecule has 0 heterocycles. The van der Waals surface area contributed by atoms with Gasteiger partial charge in [0, 0.05) is 18.1 Å². The van der Waals surface area contributed by atoms with Gasteiger partial charge in [0.25, 0.3) is 0 Å². The molecule has 29 heavy (non-hydrogen) atoms. The summed E-state index contributed by atoms with van der Waals surface area (Å²) < 4.78 is 5.74. The van der Waals surface area contributed by atoms with Crippen LogP contribution in [0.2, 0.25) is 0 Å². The monoisotopic (exact) mass is 399 g/mol. The number of allylic oxidation sites excluding steroid dienone is 2. The van der Waals surface area contributed by atoms with Crippen molar-refractivity contribution in [2.45, 2.75) is 52.2 Å². The molecular weight excluding hydrogens is 366 g/mol. The lowest BCUT2D eigenvalue weighted by atomic mass is 9.85. The molecular formula is C24H33NO4. The molecule has 0 aliphatic rings. The standard InChI is InChI=1S/C24H33NO4/c1-4-11-18(2)24(19(3)21(26)14-9-6-10-15-22(25)27)29-23(28)17-16-20-12-7-5-8-13-20/h5-10,12-13,15-19,21,24,26H,4,11,14H2,1-3H3,(H2,25,27)/b9-6+,15-10-,17-16+/t18-,19-,21-,24+/m0/s1. The Morgan fingerprint density at radius 3 is 2.45 bits per heavy atom. The van der Waals surface area contributed by atoms with Gasteiger partial charge in [-0.05, 0) is 30.4 Å². The molecule has 0 aliphatic carbocycles. The first kappa shape index (κ1) is 24.4. The molecule has 0 bridgehead atoms. The molecule has 0 saturated heterocycles. The average Bonchev–Trinajstić information content (AvgIpc) is 2.70. The first-order valence-corrected chi connectivity index (χ1v) is 10.1. The van der Waals surface area contributed by atoms with Gasteiger partial charge in [-0.25, -0.2) is 4.79 Å². The Bertz CT molecular complexity index is 709. The number of ether oxygens (including phenoxy) is 1. The van der Waals surface area contributed by atoms with Crippen molar-refractivity contribution >= 4 is 18.0 Å². The van der Waals surface area contributed by atoms with Crippen molar-refractivity contribution in [3.8, 4) is 0 Å². The summed E-state index contributed by atoms with van der Waals surface area (Å²) in [6, 6.07) is 9.54. The first-order chi connectivity index (χ1) is 13.8. The number of benzene rings is 1. The highest BCUT2D eigenvalue weighted by Gasteiger charge is 2.30. The molecule has 4 atom stereocenters. The van der Waals surface area contributed by atoms with Gasteiger partial charge < -0.3 is 15.6 Å². The second kappa shape index (κ2) is 13.5. The average molecular weight is 400 g/mol. The summed E-state index contributed by atoms with van der Waals surface area (Å²) in [7, 11) is 0. The van der Waals surface area contributed by atoms with E-state index in [0.717, 1.165) is 18.4 Å². The highest BCUT2D eigenvalue weighted by atomic mass is 16.5. The van der Waals surface area contributed by atoms with Crippen LogP contribution in [0.3, 0.4) is 0 Å². The van der Waals surface area contributed by atoms with Crippen LogP contribution in [-0.4, -0.2) is 29.2 Å². The molecule has 3 N–H and O–H groups in total. The fraction of sp³-hybridized carbons (Fsp3) is 0.417. The van der Waals surface area contributed by atoms with E-state index >= 15 is 0 Å². The molecule has 0 saturated carbocycles. The van der Waals surface area contributed by atoms with Crippen LogP contribution < -0.4 is 5.73 Å². The zero-order chi connectivity index (χ0) is 21.6. The minimum Gasteiger partial charge on any atom is -0.459 e. The van der Waals surface area contributed by atoms with Crippen molar-refractivity contribution in [2.75, 3.05) is 0 Å². The van der Waals surface area contributed by atoms with E-state index in [9.17, 15) is 14.7 Å². The van der Waals surface area contributed by atoms with Crippen LogP contribution in [0.4, 0.5) is 0 Å². The maximum absolute atomic E-state index is 12.4. The number of carbonyl (C=O) groups is 2. The third-order valence-corrected chi connectivity index (χ3v) is 4.78. The second-order valence-electron chi connectivity index (χ2n) is 7.26. The molecule has 1 aromatic rings. The van der Waals surface area contributed by atoms with E-state index in [1.165, 1.54) is 18.2 Å². The van der Waals surface area contributed by atoms with Crippen molar-refractivity contribution in [1.29, 1.82) is 0 Å². The van der Waals surface area contributed by atoms with Crippen LogP contribution in [0, 0.1) is 11.8 Å². The molecule has 5 nitrogen and oxygen atoms in total. The lowest BCUT2D eigenvalue weighted by Gasteiger charge is -2.31.